The minimum absolute atomic E-state index is 0.205. The van der Waals surface area contributed by atoms with Crippen molar-refractivity contribution in [2.45, 2.75) is 12.8 Å². The number of nitrogens with one attached hydrogen (secondary N) is 2. The van der Waals surface area contributed by atoms with Crippen molar-refractivity contribution in [1.29, 1.82) is 0 Å². The second kappa shape index (κ2) is 8.11. The minimum atomic E-state index is -0.249. The Morgan fingerprint density at radius 3 is 2.54 bits per heavy atom. The zero-order chi connectivity index (χ0) is 18.4. The first-order valence-electron chi connectivity index (χ1n) is 8.28. The van der Waals surface area contributed by atoms with Crippen molar-refractivity contribution >= 4 is 17.5 Å². The van der Waals surface area contributed by atoms with Crippen LogP contribution in [-0.2, 0) is 11.2 Å². The maximum atomic E-state index is 12.2. The maximum absolute atomic E-state index is 12.2. The Morgan fingerprint density at radius 1 is 1.04 bits per heavy atom. The highest BCUT2D eigenvalue weighted by molar-refractivity contribution is 6.03. The van der Waals surface area contributed by atoms with E-state index in [1.54, 1.807) is 37.5 Å². The third kappa shape index (κ3) is 4.16. The number of carbonyl (C=O) groups is 2. The number of anilines is 1. The number of benzene rings is 2. The topological polar surface area (TPSA) is 84.2 Å². The molecule has 0 aliphatic rings. The van der Waals surface area contributed by atoms with Gasteiger partial charge in [0.25, 0.3) is 5.91 Å². The Labute approximate surface area is 151 Å². The number of hydrogen-bond acceptors (Lipinski definition) is 4. The van der Waals surface area contributed by atoms with Crippen molar-refractivity contribution in [3.05, 3.63) is 72.2 Å². The molecular formula is C20H19N3O3. The third-order valence-electron chi connectivity index (χ3n) is 3.85. The standard InChI is InChI=1S/C20H19N3O3/c1-21-20(25)15-9-5-6-10-16(15)23-18(24)11-12-19-22-13-17(26-19)14-7-3-2-4-8-14/h2-10,13H,11-12H2,1H3,(H,21,25)(H,23,24). The lowest BCUT2D eigenvalue weighted by atomic mass is 10.1. The van der Waals surface area contributed by atoms with Crippen LogP contribution >= 0.6 is 0 Å². The molecule has 2 amide bonds. The van der Waals surface area contributed by atoms with Gasteiger partial charge in [-0.05, 0) is 12.1 Å². The molecule has 1 heterocycles. The molecule has 6 heteroatoms. The van der Waals surface area contributed by atoms with Crippen molar-refractivity contribution in [1.82, 2.24) is 10.3 Å². The molecule has 2 aromatic carbocycles. The number of aromatic nitrogens is 1. The monoisotopic (exact) mass is 349 g/mol. The van der Waals surface area contributed by atoms with Crippen LogP contribution in [0, 0.1) is 0 Å². The summed E-state index contributed by atoms with van der Waals surface area (Å²) < 4.78 is 5.69. The number of para-hydroxylation sites is 1. The molecule has 0 radical (unpaired) electrons. The summed E-state index contributed by atoms with van der Waals surface area (Å²) in [6.07, 6.45) is 2.24. The van der Waals surface area contributed by atoms with E-state index in [-0.39, 0.29) is 18.2 Å². The molecular weight excluding hydrogens is 330 g/mol. The van der Waals surface area contributed by atoms with E-state index in [9.17, 15) is 9.59 Å². The number of nitrogens with zero attached hydrogens (tertiary/aromatic N) is 1. The summed E-state index contributed by atoms with van der Waals surface area (Å²) in [6, 6.07) is 16.5. The predicted molar refractivity (Wildman–Crippen MR) is 98.7 cm³/mol. The van der Waals surface area contributed by atoms with Gasteiger partial charge in [0.05, 0.1) is 17.4 Å². The van der Waals surface area contributed by atoms with Gasteiger partial charge in [0.2, 0.25) is 5.91 Å². The van der Waals surface area contributed by atoms with Crippen LogP contribution in [0.3, 0.4) is 0 Å². The molecule has 3 aromatic rings. The van der Waals surface area contributed by atoms with Crippen LogP contribution in [0.2, 0.25) is 0 Å². The Bertz CT molecular complexity index is 903. The van der Waals surface area contributed by atoms with E-state index in [4.69, 9.17) is 4.42 Å². The van der Waals surface area contributed by atoms with Gasteiger partial charge in [-0.25, -0.2) is 4.98 Å². The maximum Gasteiger partial charge on any atom is 0.253 e. The molecule has 26 heavy (non-hydrogen) atoms. The predicted octanol–water partition coefficient (Wildman–Crippen LogP) is 3.27. The fourth-order valence-corrected chi connectivity index (χ4v) is 2.52. The van der Waals surface area contributed by atoms with Crippen LogP contribution in [0.15, 0.2) is 65.2 Å². The molecule has 0 unspecified atom stereocenters. The smallest absolute Gasteiger partial charge is 0.253 e. The molecule has 6 nitrogen and oxygen atoms in total. The molecule has 0 saturated heterocycles. The van der Waals surface area contributed by atoms with Gasteiger partial charge in [-0.1, -0.05) is 42.5 Å². The van der Waals surface area contributed by atoms with E-state index in [2.05, 4.69) is 15.6 Å². The second-order valence-corrected chi connectivity index (χ2v) is 5.66. The van der Waals surface area contributed by atoms with E-state index >= 15 is 0 Å². The van der Waals surface area contributed by atoms with E-state index in [0.717, 1.165) is 5.56 Å². The highest BCUT2D eigenvalue weighted by atomic mass is 16.4. The number of oxazole rings is 1. The fraction of sp³-hybridized carbons (Fsp3) is 0.150. The number of aryl methyl sites for hydroxylation is 1. The van der Waals surface area contributed by atoms with Gasteiger partial charge < -0.3 is 15.1 Å². The summed E-state index contributed by atoms with van der Waals surface area (Å²) in [5.41, 5.74) is 1.84. The Hall–Kier alpha value is -3.41. The van der Waals surface area contributed by atoms with Gasteiger partial charge in [-0.15, -0.1) is 0 Å². The van der Waals surface area contributed by atoms with E-state index in [1.807, 2.05) is 30.3 Å². The highest BCUT2D eigenvalue weighted by Crippen LogP contribution is 2.20. The molecule has 1 aromatic heterocycles. The largest absolute Gasteiger partial charge is 0.441 e. The van der Waals surface area contributed by atoms with Crippen LogP contribution in [0.4, 0.5) is 5.69 Å². The minimum Gasteiger partial charge on any atom is -0.441 e. The van der Waals surface area contributed by atoms with Crippen molar-refractivity contribution in [2.24, 2.45) is 0 Å². The Balaban J connectivity index is 1.60. The lowest BCUT2D eigenvalue weighted by Gasteiger charge is -2.09. The molecule has 0 atom stereocenters. The molecule has 0 aliphatic heterocycles. The lowest BCUT2D eigenvalue weighted by molar-refractivity contribution is -0.116. The SMILES string of the molecule is CNC(=O)c1ccccc1NC(=O)CCc1ncc(-c2ccccc2)o1. The fourth-order valence-electron chi connectivity index (χ4n) is 2.52. The van der Waals surface area contributed by atoms with Gasteiger partial charge in [-0.3, -0.25) is 9.59 Å². The van der Waals surface area contributed by atoms with Crippen molar-refractivity contribution in [2.75, 3.05) is 12.4 Å². The zero-order valence-corrected chi connectivity index (χ0v) is 14.4. The molecule has 2 N–H and O–H groups in total. The summed E-state index contributed by atoms with van der Waals surface area (Å²) in [6.45, 7) is 0. The van der Waals surface area contributed by atoms with Crippen molar-refractivity contribution in [3.8, 4) is 11.3 Å². The van der Waals surface area contributed by atoms with Gasteiger partial charge in [0, 0.05) is 25.5 Å². The average molecular weight is 349 g/mol. The number of amides is 2. The Kier molecular flexibility index (Phi) is 5.43. The van der Waals surface area contributed by atoms with Crippen LogP contribution in [0.25, 0.3) is 11.3 Å². The molecule has 0 bridgehead atoms. The molecule has 3 rings (SSSR count). The first-order chi connectivity index (χ1) is 12.7. The molecule has 0 fully saturated rings. The first kappa shape index (κ1) is 17.4. The first-order valence-corrected chi connectivity index (χ1v) is 8.28. The van der Waals surface area contributed by atoms with Gasteiger partial charge in [0.15, 0.2) is 11.7 Å². The van der Waals surface area contributed by atoms with Crippen LogP contribution in [-0.4, -0.2) is 23.8 Å². The number of rotatable bonds is 6. The normalized spacial score (nSPS) is 10.3. The average Bonchev–Trinajstić information content (AvgIpc) is 3.16. The van der Waals surface area contributed by atoms with Crippen LogP contribution in [0.1, 0.15) is 22.7 Å². The van der Waals surface area contributed by atoms with Gasteiger partial charge in [-0.2, -0.15) is 0 Å². The van der Waals surface area contributed by atoms with E-state index in [0.29, 0.717) is 29.3 Å². The summed E-state index contributed by atoms with van der Waals surface area (Å²) in [5.74, 6) is 0.714. The van der Waals surface area contributed by atoms with Gasteiger partial charge >= 0.3 is 0 Å². The van der Waals surface area contributed by atoms with E-state index in [1.165, 1.54) is 0 Å². The molecule has 0 aliphatic carbocycles. The van der Waals surface area contributed by atoms with Crippen molar-refractivity contribution in [3.63, 3.8) is 0 Å². The summed E-state index contributed by atoms with van der Waals surface area (Å²) in [5, 5.41) is 5.32. The van der Waals surface area contributed by atoms with Crippen molar-refractivity contribution < 1.29 is 14.0 Å². The summed E-state index contributed by atoms with van der Waals surface area (Å²) in [7, 11) is 1.55. The summed E-state index contributed by atoms with van der Waals surface area (Å²) >= 11 is 0. The van der Waals surface area contributed by atoms with Gasteiger partial charge in [0.1, 0.15) is 0 Å². The number of hydrogen-bond donors (Lipinski definition) is 2. The number of carbonyl (C=O) groups excluding carboxylic acids is 2. The zero-order valence-electron chi connectivity index (χ0n) is 14.4. The molecule has 132 valence electrons. The summed E-state index contributed by atoms with van der Waals surface area (Å²) in [4.78, 5) is 28.3. The highest BCUT2D eigenvalue weighted by Gasteiger charge is 2.13. The van der Waals surface area contributed by atoms with Crippen LogP contribution < -0.4 is 10.6 Å². The second-order valence-electron chi connectivity index (χ2n) is 5.66. The third-order valence-corrected chi connectivity index (χ3v) is 3.85. The lowest BCUT2D eigenvalue weighted by Crippen LogP contribution is -2.21. The van der Waals surface area contributed by atoms with E-state index < -0.39 is 0 Å². The quantitative estimate of drug-likeness (QED) is 0.715. The molecule has 0 saturated carbocycles. The van der Waals surface area contributed by atoms with Crippen LogP contribution in [0.5, 0.6) is 0 Å². The molecule has 0 spiro atoms. The Morgan fingerprint density at radius 2 is 1.77 bits per heavy atom.